The number of nitrogens with one attached hydrogen (secondary N) is 1. The Morgan fingerprint density at radius 1 is 0.947 bits per heavy atom. The van der Waals surface area contributed by atoms with Crippen molar-refractivity contribution in [1.82, 2.24) is 0 Å². The summed E-state index contributed by atoms with van der Waals surface area (Å²) in [7, 11) is 0. The van der Waals surface area contributed by atoms with E-state index in [1.807, 2.05) is 0 Å². The molecule has 1 rings (SSSR count). The molecule has 0 amide bonds. The van der Waals surface area contributed by atoms with Gasteiger partial charge in [0.2, 0.25) is 0 Å². The van der Waals surface area contributed by atoms with Crippen molar-refractivity contribution in [3.8, 4) is 0 Å². The van der Waals surface area contributed by atoms with Crippen molar-refractivity contribution in [2.24, 2.45) is 11.8 Å². The highest BCUT2D eigenvalue weighted by Crippen LogP contribution is 2.23. The van der Waals surface area contributed by atoms with E-state index in [4.69, 9.17) is 0 Å². The maximum atomic E-state index is 13.8. The second-order valence-corrected chi connectivity index (χ2v) is 6.18. The Hall–Kier alpha value is -1.12. The molecule has 0 aromatic heterocycles. The third-order valence-electron chi connectivity index (χ3n) is 3.12. The molecule has 0 spiro atoms. The number of halogens is 2. The predicted molar refractivity (Wildman–Crippen MR) is 77.4 cm³/mol. The van der Waals surface area contributed by atoms with Gasteiger partial charge in [-0.1, -0.05) is 27.7 Å². The predicted octanol–water partition coefficient (Wildman–Crippen LogP) is 5.15. The van der Waals surface area contributed by atoms with E-state index in [0.717, 1.165) is 12.8 Å². The minimum atomic E-state index is -0.378. The van der Waals surface area contributed by atoms with Crippen molar-refractivity contribution >= 4 is 5.69 Å². The zero-order valence-corrected chi connectivity index (χ0v) is 12.6. The lowest BCUT2D eigenvalue weighted by Crippen LogP contribution is -2.24. The van der Waals surface area contributed by atoms with Crippen LogP contribution in [0.4, 0.5) is 14.5 Å². The second kappa shape index (κ2) is 6.88. The van der Waals surface area contributed by atoms with Crippen LogP contribution in [0.25, 0.3) is 0 Å². The van der Waals surface area contributed by atoms with Gasteiger partial charge in [-0.15, -0.1) is 0 Å². The summed E-state index contributed by atoms with van der Waals surface area (Å²) >= 11 is 0. The van der Waals surface area contributed by atoms with E-state index in [2.05, 4.69) is 33.0 Å². The van der Waals surface area contributed by atoms with Gasteiger partial charge in [-0.3, -0.25) is 0 Å². The van der Waals surface area contributed by atoms with Crippen LogP contribution < -0.4 is 5.32 Å². The summed E-state index contributed by atoms with van der Waals surface area (Å²) in [6.07, 6.45) is 1.90. The smallest absolute Gasteiger partial charge is 0.146 e. The number of hydrogen-bond acceptors (Lipinski definition) is 1. The van der Waals surface area contributed by atoms with Crippen molar-refractivity contribution in [2.45, 2.75) is 53.5 Å². The fourth-order valence-corrected chi connectivity index (χ4v) is 2.33. The van der Waals surface area contributed by atoms with Crippen LogP contribution in [-0.2, 0) is 0 Å². The van der Waals surface area contributed by atoms with Crippen molar-refractivity contribution in [1.29, 1.82) is 0 Å². The summed E-state index contributed by atoms with van der Waals surface area (Å²) in [5.41, 5.74) is 0.613. The first-order valence-electron chi connectivity index (χ1n) is 7.01. The molecule has 0 saturated carbocycles. The second-order valence-electron chi connectivity index (χ2n) is 6.18. The molecule has 0 atom stereocenters. The number of rotatable bonds is 6. The third-order valence-corrected chi connectivity index (χ3v) is 3.12. The van der Waals surface area contributed by atoms with Crippen LogP contribution in [0.15, 0.2) is 12.1 Å². The van der Waals surface area contributed by atoms with Gasteiger partial charge in [-0.05, 0) is 43.2 Å². The molecule has 0 fully saturated rings. The Bertz CT molecular complexity index is 403. The van der Waals surface area contributed by atoms with E-state index >= 15 is 0 Å². The van der Waals surface area contributed by atoms with Gasteiger partial charge in [0.15, 0.2) is 0 Å². The number of hydrogen-bond donors (Lipinski definition) is 1. The van der Waals surface area contributed by atoms with Crippen molar-refractivity contribution in [2.75, 3.05) is 5.32 Å². The maximum Gasteiger partial charge on any atom is 0.146 e. The number of aryl methyl sites for hydroxylation is 1. The summed E-state index contributed by atoms with van der Waals surface area (Å²) in [6, 6.07) is 2.69. The van der Waals surface area contributed by atoms with E-state index in [0.29, 0.717) is 17.4 Å². The van der Waals surface area contributed by atoms with E-state index in [1.54, 1.807) is 6.92 Å². The minimum absolute atomic E-state index is 0.177. The highest BCUT2D eigenvalue weighted by atomic mass is 19.1. The van der Waals surface area contributed by atoms with E-state index < -0.39 is 0 Å². The van der Waals surface area contributed by atoms with Crippen molar-refractivity contribution < 1.29 is 8.78 Å². The lowest BCUT2D eigenvalue weighted by molar-refractivity contribution is 0.440. The molecule has 1 nitrogen and oxygen atoms in total. The van der Waals surface area contributed by atoms with Gasteiger partial charge in [0.1, 0.15) is 11.6 Å². The quantitative estimate of drug-likeness (QED) is 0.753. The zero-order valence-electron chi connectivity index (χ0n) is 12.6. The van der Waals surface area contributed by atoms with Crippen LogP contribution in [-0.4, -0.2) is 6.04 Å². The Morgan fingerprint density at radius 3 is 1.95 bits per heavy atom. The standard InChI is InChI=1S/C16H25F2N/c1-10(2)6-13(7-11(3)4)19-16-9-14(17)12(5)8-15(16)18/h8-11,13,19H,6-7H2,1-5H3. The van der Waals surface area contributed by atoms with E-state index in [1.165, 1.54) is 12.1 Å². The van der Waals surface area contributed by atoms with Gasteiger partial charge >= 0.3 is 0 Å². The molecule has 0 radical (unpaired) electrons. The van der Waals surface area contributed by atoms with Gasteiger partial charge in [-0.2, -0.15) is 0 Å². The average Bonchev–Trinajstić information content (AvgIpc) is 2.23. The van der Waals surface area contributed by atoms with Crippen molar-refractivity contribution in [3.63, 3.8) is 0 Å². The molecule has 0 aliphatic rings. The molecular weight excluding hydrogens is 244 g/mol. The Balaban J connectivity index is 2.86. The summed E-state index contributed by atoms with van der Waals surface area (Å²) < 4.78 is 27.4. The molecular formula is C16H25F2N. The minimum Gasteiger partial charge on any atom is -0.380 e. The van der Waals surface area contributed by atoms with Crippen LogP contribution in [0.3, 0.4) is 0 Å². The molecule has 0 unspecified atom stereocenters. The number of anilines is 1. The van der Waals surface area contributed by atoms with E-state index in [-0.39, 0.29) is 23.4 Å². The Morgan fingerprint density at radius 2 is 1.47 bits per heavy atom. The first-order valence-corrected chi connectivity index (χ1v) is 7.01. The molecule has 0 aliphatic heterocycles. The molecule has 1 aromatic rings. The van der Waals surface area contributed by atoms with Gasteiger partial charge in [0.25, 0.3) is 0 Å². The molecule has 0 bridgehead atoms. The first kappa shape index (κ1) is 15.9. The van der Waals surface area contributed by atoms with Crippen LogP contribution in [0.2, 0.25) is 0 Å². The summed E-state index contributed by atoms with van der Waals surface area (Å²) in [5, 5.41) is 3.16. The van der Waals surface area contributed by atoms with Crippen LogP contribution >= 0.6 is 0 Å². The molecule has 0 saturated heterocycles. The molecule has 1 N–H and O–H groups in total. The molecule has 1 aromatic carbocycles. The highest BCUT2D eigenvalue weighted by Gasteiger charge is 2.15. The molecule has 0 aliphatic carbocycles. The lowest BCUT2D eigenvalue weighted by Gasteiger charge is -2.24. The third kappa shape index (κ3) is 5.17. The van der Waals surface area contributed by atoms with E-state index in [9.17, 15) is 8.78 Å². The lowest BCUT2D eigenvalue weighted by atomic mass is 9.95. The summed E-state index contributed by atoms with van der Waals surface area (Å²) in [6.45, 7) is 10.1. The SMILES string of the molecule is Cc1cc(F)c(NC(CC(C)C)CC(C)C)cc1F. The molecule has 3 heteroatoms. The maximum absolute atomic E-state index is 13.8. The summed E-state index contributed by atoms with van der Waals surface area (Å²) in [5.74, 6) is 0.303. The van der Waals surface area contributed by atoms with Gasteiger partial charge in [0, 0.05) is 12.1 Å². The Kier molecular flexibility index (Phi) is 5.77. The molecule has 0 heterocycles. The number of benzene rings is 1. The zero-order chi connectivity index (χ0) is 14.6. The van der Waals surface area contributed by atoms with Gasteiger partial charge in [0.05, 0.1) is 5.69 Å². The van der Waals surface area contributed by atoms with Crippen LogP contribution in [0, 0.1) is 30.4 Å². The topological polar surface area (TPSA) is 12.0 Å². The normalized spacial score (nSPS) is 11.7. The van der Waals surface area contributed by atoms with Crippen LogP contribution in [0.1, 0.15) is 46.1 Å². The highest BCUT2D eigenvalue weighted by molar-refractivity contribution is 5.47. The molecule has 19 heavy (non-hydrogen) atoms. The largest absolute Gasteiger partial charge is 0.380 e. The van der Waals surface area contributed by atoms with Crippen LogP contribution in [0.5, 0.6) is 0 Å². The monoisotopic (exact) mass is 269 g/mol. The van der Waals surface area contributed by atoms with Gasteiger partial charge < -0.3 is 5.32 Å². The average molecular weight is 269 g/mol. The van der Waals surface area contributed by atoms with Crippen molar-refractivity contribution in [3.05, 3.63) is 29.3 Å². The van der Waals surface area contributed by atoms with Gasteiger partial charge in [-0.25, -0.2) is 8.78 Å². The fraction of sp³-hybridized carbons (Fsp3) is 0.625. The fourth-order valence-electron chi connectivity index (χ4n) is 2.33. The Labute approximate surface area is 115 Å². The first-order chi connectivity index (χ1) is 8.79. The molecule has 108 valence electrons. The summed E-state index contributed by atoms with van der Waals surface area (Å²) in [4.78, 5) is 0.